The van der Waals surface area contributed by atoms with Gasteiger partial charge in [0, 0.05) is 34.0 Å². The second-order valence-electron chi connectivity index (χ2n) is 8.07. The zero-order valence-corrected chi connectivity index (χ0v) is 19.1. The minimum absolute atomic E-state index is 0.350. The molecule has 2 aromatic carbocycles. The molecule has 3 aromatic rings. The Morgan fingerprint density at radius 2 is 1.87 bits per heavy atom. The van der Waals surface area contributed by atoms with Crippen LogP contribution in [0.15, 0.2) is 53.7 Å². The Bertz CT molecular complexity index is 1180. The maximum absolute atomic E-state index is 12.5. The van der Waals surface area contributed by atoms with E-state index in [1.165, 1.54) is 54.6 Å². The van der Waals surface area contributed by atoms with Crippen LogP contribution in [0.2, 0.25) is 0 Å². The van der Waals surface area contributed by atoms with Gasteiger partial charge in [-0.3, -0.25) is 0 Å². The number of hydrogen-bond acceptors (Lipinski definition) is 3. The molecular weight excluding hydrogens is 406 g/mol. The molecule has 1 unspecified atom stereocenters. The Hall–Kier alpha value is -2.86. The van der Waals surface area contributed by atoms with Crippen molar-refractivity contribution in [3.8, 4) is 0 Å². The van der Waals surface area contributed by atoms with Gasteiger partial charge in [0.25, 0.3) is 0 Å². The smallest absolute Gasteiger partial charge is 0.337 e. The van der Waals surface area contributed by atoms with Crippen molar-refractivity contribution >= 4 is 45.1 Å². The molecule has 1 aromatic heterocycles. The lowest BCUT2D eigenvalue weighted by Gasteiger charge is -2.29. The second-order valence-corrected chi connectivity index (χ2v) is 8.48. The molecule has 0 radical (unpaired) electrons. The molecule has 4 rings (SSSR count). The van der Waals surface area contributed by atoms with E-state index in [0.29, 0.717) is 10.7 Å². The Morgan fingerprint density at radius 1 is 1.10 bits per heavy atom. The van der Waals surface area contributed by atoms with Crippen LogP contribution < -0.4 is 10.6 Å². The fourth-order valence-corrected chi connectivity index (χ4v) is 4.78. The Kier molecular flexibility index (Phi) is 6.28. The Balaban J connectivity index is 1.81. The molecule has 0 fully saturated rings. The summed E-state index contributed by atoms with van der Waals surface area (Å²) < 4.78 is 7.47. The number of hydrogen-bond donors (Lipinski definition) is 2. The third-order valence-electron chi connectivity index (χ3n) is 6.04. The van der Waals surface area contributed by atoms with Crippen LogP contribution in [0.5, 0.6) is 0 Å². The summed E-state index contributed by atoms with van der Waals surface area (Å²) in [5.41, 5.74) is 4.74. The number of aryl methyl sites for hydroxylation is 1. The molecule has 0 amide bonds. The van der Waals surface area contributed by atoms with Gasteiger partial charge in [0.1, 0.15) is 0 Å². The van der Waals surface area contributed by atoms with Gasteiger partial charge in [-0.1, -0.05) is 50.5 Å². The first kappa shape index (κ1) is 21.4. The number of ether oxygens (including phenoxy) is 1. The van der Waals surface area contributed by atoms with E-state index in [0.717, 1.165) is 17.8 Å². The summed E-state index contributed by atoms with van der Waals surface area (Å²) in [7, 11) is 1.40. The van der Waals surface area contributed by atoms with E-state index in [1.54, 1.807) is 0 Å². The van der Waals surface area contributed by atoms with Crippen molar-refractivity contribution in [3.05, 3.63) is 59.3 Å². The van der Waals surface area contributed by atoms with E-state index in [2.05, 4.69) is 64.6 Å². The number of carbonyl (C=O) groups excluding carboxylic acids is 1. The maximum atomic E-state index is 12.5. The summed E-state index contributed by atoms with van der Waals surface area (Å²) in [6.07, 6.45) is 4.91. The van der Waals surface area contributed by atoms with Gasteiger partial charge in [-0.25, -0.2) is 4.79 Å². The fraction of sp³-hybridized carbons (Fsp3) is 0.360. The quantitative estimate of drug-likeness (QED) is 0.298. The zero-order chi connectivity index (χ0) is 22.0. The van der Waals surface area contributed by atoms with E-state index in [4.69, 9.17) is 17.0 Å². The van der Waals surface area contributed by atoms with Crippen LogP contribution in [0.1, 0.15) is 51.1 Å². The van der Waals surface area contributed by atoms with Crippen LogP contribution >= 0.6 is 12.2 Å². The third-order valence-corrected chi connectivity index (χ3v) is 6.26. The van der Waals surface area contributed by atoms with Crippen LogP contribution in [-0.4, -0.2) is 22.8 Å². The molecule has 6 heteroatoms. The summed E-state index contributed by atoms with van der Waals surface area (Å²) in [6, 6.07) is 14.6. The number of unbranched alkanes of at least 4 members (excludes halogenated alkanes) is 3. The topological polar surface area (TPSA) is 55.3 Å². The number of aromatic nitrogens is 1. The van der Waals surface area contributed by atoms with E-state index in [-0.39, 0.29) is 12.0 Å². The number of esters is 1. The fourth-order valence-electron chi connectivity index (χ4n) is 4.51. The molecule has 0 spiro atoms. The van der Waals surface area contributed by atoms with Gasteiger partial charge >= 0.3 is 5.97 Å². The van der Waals surface area contributed by atoms with Gasteiger partial charge in [0.2, 0.25) is 0 Å². The average Bonchev–Trinajstić information content (AvgIpc) is 3.09. The number of para-hydroxylation sites is 1. The zero-order valence-electron chi connectivity index (χ0n) is 18.3. The normalized spacial score (nSPS) is 16.5. The summed E-state index contributed by atoms with van der Waals surface area (Å²) in [4.78, 5) is 12.5. The molecule has 2 heterocycles. The number of carbonyl (C=O) groups is 1. The molecule has 0 aliphatic carbocycles. The van der Waals surface area contributed by atoms with Crippen molar-refractivity contribution in [1.82, 2.24) is 15.2 Å². The standard InChI is InChI=1S/C25H29N3O2S/c1-4-5-6-9-14-28-20-11-8-7-10-18(20)19-15-17(12-13-21(19)28)23-22(24(29)30-3)16(2)26-25(31)27-23/h7-8,10-13,15,23H,4-6,9,14H2,1-3H3,(H2,26,27,31). The Labute approximate surface area is 188 Å². The van der Waals surface area contributed by atoms with Crippen molar-refractivity contribution in [2.45, 2.75) is 52.1 Å². The number of allylic oxidation sites excluding steroid dienone is 1. The van der Waals surface area contributed by atoms with Crippen LogP contribution in [0, 0.1) is 0 Å². The number of methoxy groups -OCH3 is 1. The van der Waals surface area contributed by atoms with Gasteiger partial charge < -0.3 is 19.9 Å². The van der Waals surface area contributed by atoms with Crippen molar-refractivity contribution in [2.24, 2.45) is 0 Å². The highest BCUT2D eigenvalue weighted by atomic mass is 32.1. The first-order chi connectivity index (χ1) is 15.0. The molecular formula is C25H29N3O2S. The molecule has 0 saturated heterocycles. The summed E-state index contributed by atoms with van der Waals surface area (Å²) in [5.74, 6) is -0.358. The molecule has 1 aliphatic rings. The monoisotopic (exact) mass is 435 g/mol. The summed E-state index contributed by atoms with van der Waals surface area (Å²) in [6.45, 7) is 5.10. The minimum atomic E-state index is -0.358. The van der Waals surface area contributed by atoms with E-state index < -0.39 is 0 Å². The highest BCUT2D eigenvalue weighted by Crippen LogP contribution is 2.34. The predicted octanol–water partition coefficient (Wildman–Crippen LogP) is 5.34. The van der Waals surface area contributed by atoms with Crippen LogP contribution in [-0.2, 0) is 16.1 Å². The Morgan fingerprint density at radius 3 is 2.65 bits per heavy atom. The first-order valence-corrected chi connectivity index (χ1v) is 11.3. The van der Waals surface area contributed by atoms with Crippen LogP contribution in [0.25, 0.3) is 21.8 Å². The largest absolute Gasteiger partial charge is 0.466 e. The van der Waals surface area contributed by atoms with Crippen LogP contribution in [0.3, 0.4) is 0 Å². The number of benzene rings is 2. The lowest BCUT2D eigenvalue weighted by Crippen LogP contribution is -2.45. The van der Waals surface area contributed by atoms with Gasteiger partial charge in [-0.05, 0) is 49.3 Å². The second kappa shape index (κ2) is 9.10. The lowest BCUT2D eigenvalue weighted by molar-refractivity contribution is -0.136. The van der Waals surface area contributed by atoms with Crippen molar-refractivity contribution in [1.29, 1.82) is 0 Å². The predicted molar refractivity (Wildman–Crippen MR) is 130 cm³/mol. The lowest BCUT2D eigenvalue weighted by atomic mass is 9.94. The maximum Gasteiger partial charge on any atom is 0.337 e. The van der Waals surface area contributed by atoms with Gasteiger partial charge in [0.05, 0.1) is 18.7 Å². The van der Waals surface area contributed by atoms with E-state index >= 15 is 0 Å². The highest BCUT2D eigenvalue weighted by Gasteiger charge is 2.31. The first-order valence-electron chi connectivity index (χ1n) is 10.9. The minimum Gasteiger partial charge on any atom is -0.466 e. The van der Waals surface area contributed by atoms with Crippen LogP contribution in [0.4, 0.5) is 0 Å². The number of thiocarbonyl (C=S) groups is 1. The number of rotatable bonds is 7. The van der Waals surface area contributed by atoms with Crippen molar-refractivity contribution in [2.75, 3.05) is 7.11 Å². The third kappa shape index (κ3) is 4.04. The van der Waals surface area contributed by atoms with E-state index in [1.807, 2.05) is 6.92 Å². The highest BCUT2D eigenvalue weighted by molar-refractivity contribution is 7.80. The molecule has 0 saturated carbocycles. The molecule has 0 bridgehead atoms. The van der Waals surface area contributed by atoms with Crippen molar-refractivity contribution < 1.29 is 9.53 Å². The van der Waals surface area contributed by atoms with E-state index in [9.17, 15) is 4.79 Å². The molecule has 1 aliphatic heterocycles. The van der Waals surface area contributed by atoms with Crippen molar-refractivity contribution in [3.63, 3.8) is 0 Å². The molecule has 162 valence electrons. The number of nitrogens with one attached hydrogen (secondary N) is 2. The van der Waals surface area contributed by atoms with Gasteiger partial charge in [0.15, 0.2) is 5.11 Å². The SMILES string of the molecule is CCCCCCn1c2ccccc2c2cc(C3NC(=S)NC(C)=C3C(=O)OC)ccc21. The van der Waals surface area contributed by atoms with Gasteiger partial charge in [-0.2, -0.15) is 0 Å². The summed E-state index contributed by atoms with van der Waals surface area (Å²) >= 11 is 5.37. The molecule has 1 atom stereocenters. The average molecular weight is 436 g/mol. The number of fused-ring (bicyclic) bond motifs is 3. The molecule has 2 N–H and O–H groups in total. The summed E-state index contributed by atoms with van der Waals surface area (Å²) in [5, 5.41) is 9.22. The molecule has 31 heavy (non-hydrogen) atoms. The molecule has 5 nitrogen and oxygen atoms in total. The number of nitrogens with zero attached hydrogens (tertiary/aromatic N) is 1. The van der Waals surface area contributed by atoms with Gasteiger partial charge in [-0.15, -0.1) is 0 Å².